The predicted octanol–water partition coefficient (Wildman–Crippen LogP) is 1.68. The molecule has 0 aliphatic carbocycles. The molecular weight excluding hydrogens is 270 g/mol. The van der Waals surface area contributed by atoms with E-state index in [0.717, 1.165) is 3.79 Å². The zero-order valence-corrected chi connectivity index (χ0v) is 10.2. The van der Waals surface area contributed by atoms with E-state index in [2.05, 4.69) is 20.9 Å². The number of hydrogen-bond donors (Lipinski definition) is 1. The van der Waals surface area contributed by atoms with Crippen molar-refractivity contribution in [3.8, 4) is 0 Å². The highest BCUT2D eigenvalue weighted by molar-refractivity contribution is 9.11. The summed E-state index contributed by atoms with van der Waals surface area (Å²) in [5, 5.41) is 10.2. The molecule has 4 nitrogen and oxygen atoms in total. The third-order valence-electron chi connectivity index (χ3n) is 1.57. The molecule has 78 valence electrons. The van der Waals surface area contributed by atoms with Gasteiger partial charge in [0.15, 0.2) is 0 Å². The fourth-order valence-electron chi connectivity index (χ4n) is 0.838. The minimum absolute atomic E-state index is 0.238. The van der Waals surface area contributed by atoms with E-state index in [-0.39, 0.29) is 6.61 Å². The molecule has 0 saturated heterocycles. The standard InChI is InChI=1S/C8H10BrNO3S/c1-3-13-7(11)8(2,12)6-10-4-5(9)14-6/h4,12H,3H2,1-2H3. The van der Waals surface area contributed by atoms with E-state index in [1.54, 1.807) is 6.92 Å². The smallest absolute Gasteiger partial charge is 0.345 e. The molecule has 0 bridgehead atoms. The summed E-state index contributed by atoms with van der Waals surface area (Å²) >= 11 is 4.41. The molecule has 0 spiro atoms. The highest BCUT2D eigenvalue weighted by Gasteiger charge is 2.37. The van der Waals surface area contributed by atoms with Gasteiger partial charge in [-0.1, -0.05) is 0 Å². The zero-order chi connectivity index (χ0) is 10.8. The number of carbonyl (C=O) groups excluding carboxylic acids is 1. The number of rotatable bonds is 3. The van der Waals surface area contributed by atoms with Crippen LogP contribution in [0.4, 0.5) is 0 Å². The number of ether oxygens (including phenoxy) is 1. The molecule has 0 aliphatic heterocycles. The van der Waals surface area contributed by atoms with Gasteiger partial charge in [0, 0.05) is 0 Å². The van der Waals surface area contributed by atoms with Crippen molar-refractivity contribution in [2.45, 2.75) is 19.4 Å². The molecule has 0 radical (unpaired) electrons. The summed E-state index contributed by atoms with van der Waals surface area (Å²) < 4.78 is 5.49. The van der Waals surface area contributed by atoms with Gasteiger partial charge >= 0.3 is 5.97 Å². The van der Waals surface area contributed by atoms with Crippen molar-refractivity contribution in [1.29, 1.82) is 0 Å². The number of hydrogen-bond acceptors (Lipinski definition) is 5. The molecule has 6 heteroatoms. The molecule has 1 aromatic rings. The Kier molecular flexibility index (Phi) is 3.63. The van der Waals surface area contributed by atoms with Gasteiger partial charge in [0.25, 0.3) is 0 Å². The third kappa shape index (κ3) is 2.31. The summed E-state index contributed by atoms with van der Waals surface area (Å²) in [4.78, 5) is 15.3. The summed E-state index contributed by atoms with van der Waals surface area (Å²) in [5.41, 5.74) is -1.66. The molecule has 0 aromatic carbocycles. The van der Waals surface area contributed by atoms with Crippen molar-refractivity contribution in [3.63, 3.8) is 0 Å². The Hall–Kier alpha value is -0.460. The Bertz CT molecular complexity index is 337. The summed E-state index contributed by atoms with van der Waals surface area (Å²) in [5.74, 6) is -0.679. The fourth-order valence-corrected chi connectivity index (χ4v) is 2.08. The van der Waals surface area contributed by atoms with E-state index in [1.807, 2.05) is 0 Å². The highest BCUT2D eigenvalue weighted by Crippen LogP contribution is 2.29. The lowest BCUT2D eigenvalue weighted by Gasteiger charge is -2.17. The number of thiazole rings is 1. The number of aromatic nitrogens is 1. The lowest BCUT2D eigenvalue weighted by molar-refractivity contribution is -0.164. The maximum atomic E-state index is 11.4. The van der Waals surface area contributed by atoms with E-state index in [9.17, 15) is 9.90 Å². The average molecular weight is 280 g/mol. The van der Waals surface area contributed by atoms with Crippen LogP contribution in [0.2, 0.25) is 0 Å². The van der Waals surface area contributed by atoms with Gasteiger partial charge < -0.3 is 9.84 Å². The molecule has 1 atom stereocenters. The highest BCUT2D eigenvalue weighted by atomic mass is 79.9. The van der Waals surface area contributed by atoms with Crippen LogP contribution in [-0.2, 0) is 15.1 Å². The fraction of sp³-hybridized carbons (Fsp3) is 0.500. The maximum absolute atomic E-state index is 11.4. The molecule has 0 amide bonds. The Labute approximate surface area is 94.1 Å². The number of carbonyl (C=O) groups is 1. The van der Waals surface area contributed by atoms with Crippen molar-refractivity contribution >= 4 is 33.2 Å². The van der Waals surface area contributed by atoms with Gasteiger partial charge in [-0.25, -0.2) is 9.78 Å². The Balaban J connectivity index is 2.89. The molecule has 1 aromatic heterocycles. The molecule has 1 unspecified atom stereocenters. The molecule has 0 saturated carbocycles. The van der Waals surface area contributed by atoms with Gasteiger partial charge in [0.1, 0.15) is 5.01 Å². The average Bonchev–Trinajstić information content (AvgIpc) is 2.52. The molecule has 1 heterocycles. The monoisotopic (exact) mass is 279 g/mol. The van der Waals surface area contributed by atoms with Crippen LogP contribution >= 0.6 is 27.3 Å². The summed E-state index contributed by atoms with van der Waals surface area (Å²) in [6, 6.07) is 0. The van der Waals surface area contributed by atoms with Gasteiger partial charge in [-0.3, -0.25) is 0 Å². The van der Waals surface area contributed by atoms with Crippen molar-refractivity contribution in [3.05, 3.63) is 15.0 Å². The van der Waals surface area contributed by atoms with Crippen molar-refractivity contribution in [2.24, 2.45) is 0 Å². The van der Waals surface area contributed by atoms with Gasteiger partial charge in [0.2, 0.25) is 5.60 Å². The third-order valence-corrected chi connectivity index (χ3v) is 3.25. The first kappa shape index (κ1) is 11.6. The maximum Gasteiger partial charge on any atom is 0.345 e. The minimum Gasteiger partial charge on any atom is -0.464 e. The minimum atomic E-state index is -1.66. The second-order valence-corrected chi connectivity index (χ2v) is 5.17. The lowest BCUT2D eigenvalue weighted by Crippen LogP contribution is -2.33. The van der Waals surface area contributed by atoms with Crippen LogP contribution in [0.3, 0.4) is 0 Å². The van der Waals surface area contributed by atoms with E-state index in [1.165, 1.54) is 24.5 Å². The second kappa shape index (κ2) is 4.37. The largest absolute Gasteiger partial charge is 0.464 e. The number of aliphatic hydroxyl groups is 1. The first-order chi connectivity index (χ1) is 6.48. The van der Waals surface area contributed by atoms with E-state index < -0.39 is 11.6 Å². The van der Waals surface area contributed by atoms with Gasteiger partial charge in [-0.15, -0.1) is 11.3 Å². The number of halogens is 1. The summed E-state index contributed by atoms with van der Waals surface area (Å²) in [6.07, 6.45) is 1.54. The van der Waals surface area contributed by atoms with E-state index in [0.29, 0.717) is 5.01 Å². The van der Waals surface area contributed by atoms with Crippen molar-refractivity contribution in [1.82, 2.24) is 4.98 Å². The molecule has 0 fully saturated rings. The van der Waals surface area contributed by atoms with Gasteiger partial charge in [-0.05, 0) is 29.8 Å². The van der Waals surface area contributed by atoms with Gasteiger partial charge in [-0.2, -0.15) is 0 Å². The van der Waals surface area contributed by atoms with E-state index >= 15 is 0 Å². The quantitative estimate of drug-likeness (QED) is 0.856. The van der Waals surface area contributed by atoms with Crippen LogP contribution in [0.5, 0.6) is 0 Å². The molecule has 14 heavy (non-hydrogen) atoms. The Morgan fingerprint density at radius 2 is 2.50 bits per heavy atom. The second-order valence-electron chi connectivity index (χ2n) is 2.76. The van der Waals surface area contributed by atoms with Crippen LogP contribution in [0.15, 0.2) is 9.98 Å². The van der Waals surface area contributed by atoms with Crippen LogP contribution < -0.4 is 0 Å². The predicted molar refractivity (Wildman–Crippen MR) is 56.0 cm³/mol. The molecular formula is C8H10BrNO3S. The van der Waals surface area contributed by atoms with Crippen molar-refractivity contribution in [2.75, 3.05) is 6.61 Å². The molecule has 1 rings (SSSR count). The van der Waals surface area contributed by atoms with Crippen LogP contribution in [-0.4, -0.2) is 22.7 Å². The first-order valence-corrected chi connectivity index (χ1v) is 5.60. The van der Waals surface area contributed by atoms with Crippen molar-refractivity contribution < 1.29 is 14.6 Å². The molecule has 0 aliphatic rings. The van der Waals surface area contributed by atoms with Crippen LogP contribution in [0.25, 0.3) is 0 Å². The number of nitrogens with zero attached hydrogens (tertiary/aromatic N) is 1. The Morgan fingerprint density at radius 1 is 1.86 bits per heavy atom. The SMILES string of the molecule is CCOC(=O)C(C)(O)c1ncc(Br)s1. The topological polar surface area (TPSA) is 59.4 Å². The Morgan fingerprint density at radius 3 is 2.93 bits per heavy atom. The van der Waals surface area contributed by atoms with E-state index in [4.69, 9.17) is 4.74 Å². The normalized spacial score (nSPS) is 14.9. The van der Waals surface area contributed by atoms with Gasteiger partial charge in [0.05, 0.1) is 16.6 Å². The van der Waals surface area contributed by atoms with Crippen LogP contribution in [0, 0.1) is 0 Å². The summed E-state index contributed by atoms with van der Waals surface area (Å²) in [7, 11) is 0. The van der Waals surface area contributed by atoms with Crippen LogP contribution in [0.1, 0.15) is 18.9 Å². The zero-order valence-electron chi connectivity index (χ0n) is 7.78. The molecule has 1 N–H and O–H groups in total. The summed E-state index contributed by atoms with van der Waals surface area (Å²) in [6.45, 7) is 3.30. The lowest BCUT2D eigenvalue weighted by atomic mass is 10.1. The first-order valence-electron chi connectivity index (χ1n) is 4.00. The number of esters is 1.